The van der Waals surface area contributed by atoms with Gasteiger partial charge in [0.2, 0.25) is 0 Å². The van der Waals surface area contributed by atoms with Gasteiger partial charge in [0.05, 0.1) is 12.0 Å². The van der Waals surface area contributed by atoms with E-state index in [1.54, 1.807) is 12.4 Å². The fourth-order valence-corrected chi connectivity index (χ4v) is 2.78. The molecule has 0 unspecified atom stereocenters. The number of benzene rings is 1. The van der Waals surface area contributed by atoms with Crippen molar-refractivity contribution in [2.24, 2.45) is 0 Å². The Kier molecular flexibility index (Phi) is 3.34. The van der Waals surface area contributed by atoms with Crippen LogP contribution in [0, 0.1) is 12.7 Å². The maximum absolute atomic E-state index is 13.7. The standard InChI is InChI=1S/C15H18FN3/c1-11-13(16)3-2-4-14(11)19-10-18-9-15(19)12-5-7-17-8-6-12/h2-4,9-10,12,17H,5-8H2,1H3. The van der Waals surface area contributed by atoms with E-state index < -0.39 is 0 Å². The zero-order chi connectivity index (χ0) is 13.2. The molecule has 1 fully saturated rings. The number of imidazole rings is 1. The molecule has 4 heteroatoms. The normalized spacial score (nSPS) is 16.7. The van der Waals surface area contributed by atoms with Crippen molar-refractivity contribution in [3.8, 4) is 5.69 Å². The minimum atomic E-state index is -0.164. The molecule has 0 bridgehead atoms. The van der Waals surface area contributed by atoms with Crippen LogP contribution >= 0.6 is 0 Å². The molecule has 3 nitrogen and oxygen atoms in total. The average molecular weight is 259 g/mol. The fourth-order valence-electron chi connectivity index (χ4n) is 2.78. The molecule has 100 valence electrons. The van der Waals surface area contributed by atoms with Gasteiger partial charge in [0.15, 0.2) is 0 Å². The molecular weight excluding hydrogens is 241 g/mol. The molecule has 1 N–H and O–H groups in total. The van der Waals surface area contributed by atoms with Crippen LogP contribution in [0.2, 0.25) is 0 Å². The summed E-state index contributed by atoms with van der Waals surface area (Å²) in [6.45, 7) is 3.90. The smallest absolute Gasteiger partial charge is 0.128 e. The molecular formula is C15H18FN3. The second-order valence-corrected chi connectivity index (χ2v) is 5.10. The van der Waals surface area contributed by atoms with Crippen LogP contribution < -0.4 is 5.32 Å². The summed E-state index contributed by atoms with van der Waals surface area (Å²) in [6.07, 6.45) is 5.93. The third kappa shape index (κ3) is 2.28. The van der Waals surface area contributed by atoms with E-state index in [4.69, 9.17) is 0 Å². The maximum Gasteiger partial charge on any atom is 0.128 e. The van der Waals surface area contributed by atoms with Crippen LogP contribution in [0.25, 0.3) is 5.69 Å². The number of nitrogens with one attached hydrogen (secondary N) is 1. The minimum Gasteiger partial charge on any atom is -0.317 e. The van der Waals surface area contributed by atoms with Gasteiger partial charge in [0.25, 0.3) is 0 Å². The van der Waals surface area contributed by atoms with Crippen molar-refractivity contribution in [1.29, 1.82) is 0 Å². The molecule has 0 aliphatic carbocycles. The van der Waals surface area contributed by atoms with Gasteiger partial charge < -0.3 is 9.88 Å². The molecule has 0 atom stereocenters. The Morgan fingerprint density at radius 3 is 2.89 bits per heavy atom. The zero-order valence-corrected chi connectivity index (χ0v) is 11.1. The van der Waals surface area contributed by atoms with Crippen LogP contribution in [0.3, 0.4) is 0 Å². The summed E-state index contributed by atoms with van der Waals surface area (Å²) < 4.78 is 15.7. The van der Waals surface area contributed by atoms with Crippen molar-refractivity contribution >= 4 is 0 Å². The van der Waals surface area contributed by atoms with Gasteiger partial charge in [-0.05, 0) is 45.0 Å². The lowest BCUT2D eigenvalue weighted by Gasteiger charge is -2.24. The Labute approximate surface area is 112 Å². The quantitative estimate of drug-likeness (QED) is 0.898. The van der Waals surface area contributed by atoms with E-state index in [1.807, 2.05) is 23.8 Å². The van der Waals surface area contributed by atoms with Gasteiger partial charge in [0, 0.05) is 23.4 Å². The van der Waals surface area contributed by atoms with E-state index in [0.29, 0.717) is 11.5 Å². The van der Waals surface area contributed by atoms with E-state index in [2.05, 4.69) is 10.3 Å². The number of rotatable bonds is 2. The summed E-state index contributed by atoms with van der Waals surface area (Å²) in [7, 11) is 0. The van der Waals surface area contributed by atoms with Crippen LogP contribution in [0.1, 0.15) is 30.0 Å². The van der Waals surface area contributed by atoms with E-state index >= 15 is 0 Å². The highest BCUT2D eigenvalue weighted by atomic mass is 19.1. The molecule has 1 aromatic heterocycles. The van der Waals surface area contributed by atoms with Crippen molar-refractivity contribution in [2.75, 3.05) is 13.1 Å². The second-order valence-electron chi connectivity index (χ2n) is 5.10. The predicted octanol–water partition coefficient (Wildman–Crippen LogP) is 2.79. The molecule has 1 aromatic carbocycles. The number of aromatic nitrogens is 2. The number of halogens is 1. The lowest BCUT2D eigenvalue weighted by molar-refractivity contribution is 0.449. The summed E-state index contributed by atoms with van der Waals surface area (Å²) in [5, 5.41) is 3.37. The molecule has 1 aliphatic heterocycles. The Bertz CT molecular complexity index is 571. The van der Waals surface area contributed by atoms with Crippen LogP contribution in [0.5, 0.6) is 0 Å². The number of piperidine rings is 1. The SMILES string of the molecule is Cc1c(F)cccc1-n1cncc1C1CCNCC1. The molecule has 0 saturated carbocycles. The maximum atomic E-state index is 13.7. The number of hydrogen-bond acceptors (Lipinski definition) is 2. The highest BCUT2D eigenvalue weighted by molar-refractivity contribution is 5.42. The molecule has 0 spiro atoms. The third-order valence-electron chi connectivity index (χ3n) is 3.92. The second kappa shape index (κ2) is 5.13. The first-order valence-corrected chi connectivity index (χ1v) is 6.76. The predicted molar refractivity (Wildman–Crippen MR) is 73.1 cm³/mol. The number of nitrogens with zero attached hydrogens (tertiary/aromatic N) is 2. The van der Waals surface area contributed by atoms with Crippen molar-refractivity contribution in [1.82, 2.24) is 14.9 Å². The van der Waals surface area contributed by atoms with Crippen molar-refractivity contribution < 1.29 is 4.39 Å². The van der Waals surface area contributed by atoms with E-state index in [0.717, 1.165) is 31.6 Å². The van der Waals surface area contributed by atoms with Crippen molar-refractivity contribution in [3.63, 3.8) is 0 Å². The molecule has 3 rings (SSSR count). The van der Waals surface area contributed by atoms with Gasteiger partial charge in [-0.15, -0.1) is 0 Å². The van der Waals surface area contributed by atoms with Crippen LogP contribution in [0.15, 0.2) is 30.7 Å². The molecule has 19 heavy (non-hydrogen) atoms. The summed E-state index contributed by atoms with van der Waals surface area (Å²) in [5.74, 6) is 0.342. The van der Waals surface area contributed by atoms with Gasteiger partial charge in [-0.1, -0.05) is 6.07 Å². The lowest BCUT2D eigenvalue weighted by Crippen LogP contribution is -2.27. The zero-order valence-electron chi connectivity index (χ0n) is 11.1. The molecule has 2 aromatic rings. The summed E-state index contributed by atoms with van der Waals surface area (Å²) in [5.41, 5.74) is 2.76. The van der Waals surface area contributed by atoms with Crippen LogP contribution in [-0.4, -0.2) is 22.6 Å². The Balaban J connectivity index is 2.01. The molecule has 2 heterocycles. The number of hydrogen-bond donors (Lipinski definition) is 1. The molecule has 0 amide bonds. The highest BCUT2D eigenvalue weighted by Gasteiger charge is 2.20. The van der Waals surface area contributed by atoms with Crippen LogP contribution in [0.4, 0.5) is 4.39 Å². The van der Waals surface area contributed by atoms with Gasteiger partial charge in [-0.25, -0.2) is 9.37 Å². The Hall–Kier alpha value is -1.68. The molecule has 1 saturated heterocycles. The summed E-state index contributed by atoms with van der Waals surface area (Å²) in [4.78, 5) is 4.26. The third-order valence-corrected chi connectivity index (χ3v) is 3.92. The van der Waals surface area contributed by atoms with E-state index in [9.17, 15) is 4.39 Å². The van der Waals surface area contributed by atoms with E-state index in [1.165, 1.54) is 11.8 Å². The first-order chi connectivity index (χ1) is 9.27. The fraction of sp³-hybridized carbons (Fsp3) is 0.400. The first kappa shape index (κ1) is 12.4. The van der Waals surface area contributed by atoms with Crippen molar-refractivity contribution in [3.05, 3.63) is 47.8 Å². The first-order valence-electron chi connectivity index (χ1n) is 6.76. The Morgan fingerprint density at radius 2 is 2.11 bits per heavy atom. The van der Waals surface area contributed by atoms with Gasteiger partial charge >= 0.3 is 0 Å². The monoisotopic (exact) mass is 259 g/mol. The topological polar surface area (TPSA) is 29.9 Å². The molecule has 1 aliphatic rings. The molecule has 0 radical (unpaired) electrons. The van der Waals surface area contributed by atoms with Crippen LogP contribution in [-0.2, 0) is 0 Å². The minimum absolute atomic E-state index is 0.164. The summed E-state index contributed by atoms with van der Waals surface area (Å²) >= 11 is 0. The van der Waals surface area contributed by atoms with Gasteiger partial charge in [-0.2, -0.15) is 0 Å². The summed E-state index contributed by atoms with van der Waals surface area (Å²) in [6, 6.07) is 5.20. The highest BCUT2D eigenvalue weighted by Crippen LogP contribution is 2.28. The largest absolute Gasteiger partial charge is 0.317 e. The lowest BCUT2D eigenvalue weighted by atomic mass is 9.94. The average Bonchev–Trinajstić information content (AvgIpc) is 2.92. The van der Waals surface area contributed by atoms with Gasteiger partial charge in [0.1, 0.15) is 5.82 Å². The van der Waals surface area contributed by atoms with Crippen molar-refractivity contribution in [2.45, 2.75) is 25.7 Å². The Morgan fingerprint density at radius 1 is 1.32 bits per heavy atom. The van der Waals surface area contributed by atoms with Gasteiger partial charge in [-0.3, -0.25) is 0 Å². The van der Waals surface area contributed by atoms with E-state index in [-0.39, 0.29) is 5.82 Å².